The molecule has 0 aromatic carbocycles. The summed E-state index contributed by atoms with van der Waals surface area (Å²) < 4.78 is 2.11. The molecule has 3 rings (SSSR count). The van der Waals surface area contributed by atoms with Crippen LogP contribution in [0, 0.1) is 6.92 Å². The van der Waals surface area contributed by atoms with Gasteiger partial charge in [0.1, 0.15) is 5.65 Å². The number of aromatic nitrogens is 2. The van der Waals surface area contributed by atoms with Crippen molar-refractivity contribution >= 4 is 17.2 Å². The Morgan fingerprint density at radius 3 is 2.93 bits per heavy atom. The van der Waals surface area contributed by atoms with Crippen LogP contribution in [0.1, 0.15) is 35.6 Å². The van der Waals surface area contributed by atoms with Gasteiger partial charge in [-0.05, 0) is 36.8 Å². The lowest BCUT2D eigenvalue weighted by Gasteiger charge is -2.02. The number of halogens is 1. The Hall–Kier alpha value is -1.02. The van der Waals surface area contributed by atoms with Crippen LogP contribution in [0.2, 0.25) is 0 Å². The smallest absolute Gasteiger partial charge is 0.139 e. The molecule has 0 amide bonds. The lowest BCUT2D eigenvalue weighted by atomic mass is 10.1. The molecule has 0 saturated heterocycles. The van der Waals surface area contributed by atoms with Gasteiger partial charge in [0.05, 0.1) is 11.6 Å². The number of rotatable bonds is 2. The molecule has 2 aromatic heterocycles. The summed E-state index contributed by atoms with van der Waals surface area (Å²) in [7, 11) is 0. The Kier molecular flexibility index (Phi) is 1.99. The zero-order valence-electron chi connectivity index (χ0n) is 8.70. The van der Waals surface area contributed by atoms with Crippen LogP contribution in [0.4, 0.5) is 0 Å². The van der Waals surface area contributed by atoms with Crippen molar-refractivity contribution < 1.29 is 0 Å². The highest BCUT2D eigenvalue weighted by atomic mass is 35.5. The summed E-state index contributed by atoms with van der Waals surface area (Å²) in [5.41, 5.74) is 4.68. The second-order valence-electron chi connectivity index (χ2n) is 4.33. The van der Waals surface area contributed by atoms with Crippen LogP contribution in [0.5, 0.6) is 0 Å². The third-order valence-electron chi connectivity index (χ3n) is 2.99. The maximum absolute atomic E-state index is 5.79. The van der Waals surface area contributed by atoms with E-state index in [9.17, 15) is 0 Å². The first-order valence-electron chi connectivity index (χ1n) is 5.32. The van der Waals surface area contributed by atoms with E-state index < -0.39 is 0 Å². The van der Waals surface area contributed by atoms with Gasteiger partial charge in [0, 0.05) is 12.4 Å². The molecule has 0 atom stereocenters. The number of hydrogen-bond donors (Lipinski definition) is 0. The minimum absolute atomic E-state index is 0.486. The summed E-state index contributed by atoms with van der Waals surface area (Å²) in [6.07, 6.45) is 6.90. The fraction of sp³-hybridized carbons (Fsp3) is 0.417. The molecule has 1 aliphatic carbocycles. The highest BCUT2D eigenvalue weighted by molar-refractivity contribution is 6.16. The first-order chi connectivity index (χ1) is 7.28. The Balaban J connectivity index is 2.20. The number of hydrogen-bond acceptors (Lipinski definition) is 1. The quantitative estimate of drug-likeness (QED) is 0.711. The molecule has 78 valence electrons. The van der Waals surface area contributed by atoms with Crippen molar-refractivity contribution in [2.45, 2.75) is 31.6 Å². The molecule has 0 N–H and O–H groups in total. The molecule has 2 heterocycles. The molecule has 0 bridgehead atoms. The SMILES string of the molecule is Cc1cc(C2CC2)cn2cc(CCl)nc12. The summed E-state index contributed by atoms with van der Waals surface area (Å²) in [6.45, 7) is 2.12. The predicted molar refractivity (Wildman–Crippen MR) is 61.5 cm³/mol. The van der Waals surface area contributed by atoms with Crippen molar-refractivity contribution in [1.29, 1.82) is 0 Å². The van der Waals surface area contributed by atoms with Crippen molar-refractivity contribution in [3.8, 4) is 0 Å². The van der Waals surface area contributed by atoms with Crippen molar-refractivity contribution in [1.82, 2.24) is 9.38 Å². The van der Waals surface area contributed by atoms with Crippen LogP contribution in [-0.2, 0) is 5.88 Å². The van der Waals surface area contributed by atoms with Crippen LogP contribution in [0.15, 0.2) is 18.5 Å². The highest BCUT2D eigenvalue weighted by Crippen LogP contribution is 2.40. The van der Waals surface area contributed by atoms with Gasteiger partial charge in [-0.3, -0.25) is 0 Å². The molecule has 0 unspecified atom stereocenters. The molecule has 3 heteroatoms. The van der Waals surface area contributed by atoms with E-state index >= 15 is 0 Å². The Bertz CT molecular complexity index is 512. The zero-order chi connectivity index (χ0) is 10.4. The zero-order valence-corrected chi connectivity index (χ0v) is 9.46. The van der Waals surface area contributed by atoms with Crippen molar-refractivity contribution in [3.63, 3.8) is 0 Å². The van der Waals surface area contributed by atoms with Gasteiger partial charge in [-0.2, -0.15) is 0 Å². The van der Waals surface area contributed by atoms with E-state index in [-0.39, 0.29) is 0 Å². The van der Waals surface area contributed by atoms with E-state index in [0.29, 0.717) is 5.88 Å². The average molecular weight is 221 g/mol. The largest absolute Gasteiger partial charge is 0.306 e. The fourth-order valence-corrected chi connectivity index (χ4v) is 2.18. The van der Waals surface area contributed by atoms with E-state index in [2.05, 4.69) is 28.6 Å². The number of aryl methyl sites for hydroxylation is 1. The maximum atomic E-state index is 5.79. The van der Waals surface area contributed by atoms with Crippen molar-refractivity contribution in [2.75, 3.05) is 0 Å². The van der Waals surface area contributed by atoms with E-state index in [0.717, 1.165) is 17.3 Å². The summed E-state index contributed by atoms with van der Waals surface area (Å²) in [6, 6.07) is 2.26. The number of alkyl halides is 1. The van der Waals surface area contributed by atoms with Gasteiger partial charge in [-0.1, -0.05) is 6.07 Å². The van der Waals surface area contributed by atoms with Crippen LogP contribution in [0.3, 0.4) is 0 Å². The molecule has 0 spiro atoms. The number of fused-ring (bicyclic) bond motifs is 1. The number of imidazole rings is 1. The summed E-state index contributed by atoms with van der Waals surface area (Å²) in [5.74, 6) is 1.27. The van der Waals surface area contributed by atoms with Gasteiger partial charge in [0.2, 0.25) is 0 Å². The lowest BCUT2D eigenvalue weighted by Crippen LogP contribution is -1.91. The second-order valence-corrected chi connectivity index (χ2v) is 4.59. The number of pyridine rings is 1. The van der Waals surface area contributed by atoms with E-state index in [4.69, 9.17) is 11.6 Å². The Morgan fingerprint density at radius 1 is 1.47 bits per heavy atom. The summed E-state index contributed by atoms with van der Waals surface area (Å²) in [5, 5.41) is 0. The van der Waals surface area contributed by atoms with Crippen molar-refractivity contribution in [2.24, 2.45) is 0 Å². The van der Waals surface area contributed by atoms with E-state index in [1.54, 1.807) is 0 Å². The van der Waals surface area contributed by atoms with Gasteiger partial charge in [-0.25, -0.2) is 4.98 Å². The molecule has 0 aliphatic heterocycles. The van der Waals surface area contributed by atoms with Crippen LogP contribution >= 0.6 is 11.6 Å². The fourth-order valence-electron chi connectivity index (χ4n) is 2.05. The maximum Gasteiger partial charge on any atom is 0.139 e. The topological polar surface area (TPSA) is 17.3 Å². The highest BCUT2D eigenvalue weighted by Gasteiger charge is 2.24. The molecule has 1 aliphatic rings. The molecule has 1 fully saturated rings. The third kappa shape index (κ3) is 1.53. The van der Waals surface area contributed by atoms with Crippen LogP contribution < -0.4 is 0 Å². The van der Waals surface area contributed by atoms with Gasteiger partial charge < -0.3 is 4.40 Å². The first-order valence-corrected chi connectivity index (χ1v) is 5.85. The van der Waals surface area contributed by atoms with Gasteiger partial charge in [0.25, 0.3) is 0 Å². The van der Waals surface area contributed by atoms with Gasteiger partial charge in [0.15, 0.2) is 0 Å². The monoisotopic (exact) mass is 220 g/mol. The normalized spacial score (nSPS) is 16.1. The summed E-state index contributed by atoms with van der Waals surface area (Å²) >= 11 is 5.79. The molecular weight excluding hydrogens is 208 g/mol. The minimum atomic E-state index is 0.486. The van der Waals surface area contributed by atoms with E-state index in [1.165, 1.54) is 24.0 Å². The second kappa shape index (κ2) is 3.24. The molecule has 1 saturated carbocycles. The number of nitrogens with zero attached hydrogens (tertiary/aromatic N) is 2. The minimum Gasteiger partial charge on any atom is -0.306 e. The summed E-state index contributed by atoms with van der Waals surface area (Å²) in [4.78, 5) is 4.48. The van der Waals surface area contributed by atoms with Crippen LogP contribution in [0.25, 0.3) is 5.65 Å². The van der Waals surface area contributed by atoms with Gasteiger partial charge in [-0.15, -0.1) is 11.6 Å². The molecule has 0 radical (unpaired) electrons. The Morgan fingerprint density at radius 2 is 2.27 bits per heavy atom. The Labute approximate surface area is 93.9 Å². The van der Waals surface area contributed by atoms with Crippen LogP contribution in [-0.4, -0.2) is 9.38 Å². The molecular formula is C12H13ClN2. The third-order valence-corrected chi connectivity index (χ3v) is 3.27. The standard InChI is InChI=1S/C12H13ClN2/c1-8-4-10(9-2-3-9)6-15-7-11(5-13)14-12(8)15/h4,6-7,9H,2-3,5H2,1H3. The molecule has 2 aromatic rings. The van der Waals surface area contributed by atoms with Crippen molar-refractivity contribution in [3.05, 3.63) is 35.3 Å². The first kappa shape index (κ1) is 9.22. The predicted octanol–water partition coefficient (Wildman–Crippen LogP) is 3.26. The molecule has 15 heavy (non-hydrogen) atoms. The lowest BCUT2D eigenvalue weighted by molar-refractivity contribution is 1.05. The van der Waals surface area contributed by atoms with Gasteiger partial charge >= 0.3 is 0 Å². The molecule has 2 nitrogen and oxygen atoms in total. The average Bonchev–Trinajstić information content (AvgIpc) is 2.98. The van der Waals surface area contributed by atoms with E-state index in [1.807, 2.05) is 6.20 Å².